The molecule has 84 valence electrons. The lowest BCUT2D eigenvalue weighted by atomic mass is 10.0. The molecule has 1 aliphatic carbocycles. The van der Waals surface area contributed by atoms with Crippen LogP contribution in [-0.4, -0.2) is 27.4 Å². The SMILES string of the molecule is COC(CC1CCCC1)CS(=O)(=O)Cl. The zero-order chi connectivity index (χ0) is 10.6. The van der Waals surface area contributed by atoms with Crippen LogP contribution in [0.1, 0.15) is 32.1 Å². The molecule has 0 spiro atoms. The van der Waals surface area contributed by atoms with Crippen molar-refractivity contribution in [1.29, 1.82) is 0 Å². The van der Waals surface area contributed by atoms with Crippen molar-refractivity contribution in [1.82, 2.24) is 0 Å². The number of methoxy groups -OCH3 is 1. The molecule has 0 radical (unpaired) electrons. The molecule has 1 saturated carbocycles. The van der Waals surface area contributed by atoms with E-state index >= 15 is 0 Å². The summed E-state index contributed by atoms with van der Waals surface area (Å²) >= 11 is 0. The minimum Gasteiger partial charge on any atom is -0.380 e. The average Bonchev–Trinajstić information content (AvgIpc) is 2.53. The van der Waals surface area contributed by atoms with Crippen molar-refractivity contribution in [2.75, 3.05) is 12.9 Å². The number of ether oxygens (including phenoxy) is 1. The van der Waals surface area contributed by atoms with Gasteiger partial charge in [-0.1, -0.05) is 25.7 Å². The fourth-order valence-electron chi connectivity index (χ4n) is 2.07. The van der Waals surface area contributed by atoms with E-state index in [9.17, 15) is 8.42 Å². The summed E-state index contributed by atoms with van der Waals surface area (Å²) in [5.41, 5.74) is 0. The van der Waals surface area contributed by atoms with Gasteiger partial charge in [-0.05, 0) is 12.3 Å². The van der Waals surface area contributed by atoms with E-state index in [1.54, 1.807) is 7.11 Å². The van der Waals surface area contributed by atoms with Crippen LogP contribution in [0.3, 0.4) is 0 Å². The van der Waals surface area contributed by atoms with E-state index in [4.69, 9.17) is 15.4 Å². The minimum atomic E-state index is -3.43. The molecule has 0 heterocycles. The van der Waals surface area contributed by atoms with Crippen LogP contribution in [-0.2, 0) is 13.8 Å². The highest BCUT2D eigenvalue weighted by molar-refractivity contribution is 8.13. The van der Waals surface area contributed by atoms with Gasteiger partial charge in [-0.2, -0.15) is 0 Å². The van der Waals surface area contributed by atoms with Crippen molar-refractivity contribution in [2.45, 2.75) is 38.2 Å². The van der Waals surface area contributed by atoms with Crippen molar-refractivity contribution in [2.24, 2.45) is 5.92 Å². The lowest BCUT2D eigenvalue weighted by Gasteiger charge is -2.17. The molecule has 1 aliphatic rings. The van der Waals surface area contributed by atoms with Crippen LogP contribution in [0.4, 0.5) is 0 Å². The van der Waals surface area contributed by atoms with Crippen LogP contribution >= 0.6 is 10.7 Å². The summed E-state index contributed by atoms with van der Waals surface area (Å²) in [6.45, 7) is 0. The van der Waals surface area contributed by atoms with E-state index in [0.29, 0.717) is 5.92 Å². The Morgan fingerprint density at radius 2 is 2.00 bits per heavy atom. The van der Waals surface area contributed by atoms with Crippen molar-refractivity contribution in [3.05, 3.63) is 0 Å². The molecule has 0 aromatic heterocycles. The molecule has 5 heteroatoms. The molecule has 0 aromatic rings. The lowest BCUT2D eigenvalue weighted by Crippen LogP contribution is -2.22. The molecular weight excluding hydrogens is 224 g/mol. The second-order valence-electron chi connectivity index (χ2n) is 3.95. The standard InChI is InChI=1S/C9H17ClO3S/c1-13-9(7-14(10,11)12)6-8-4-2-3-5-8/h8-9H,2-7H2,1H3. The third-order valence-corrected chi connectivity index (χ3v) is 3.94. The fraction of sp³-hybridized carbons (Fsp3) is 1.00. The molecule has 1 unspecified atom stereocenters. The van der Waals surface area contributed by atoms with Gasteiger partial charge in [0.2, 0.25) is 9.05 Å². The van der Waals surface area contributed by atoms with Crippen LogP contribution in [0.15, 0.2) is 0 Å². The highest BCUT2D eigenvalue weighted by Crippen LogP contribution is 2.29. The second kappa shape index (κ2) is 5.33. The molecule has 0 N–H and O–H groups in total. The van der Waals surface area contributed by atoms with Gasteiger partial charge in [0.1, 0.15) is 0 Å². The number of hydrogen-bond donors (Lipinski definition) is 0. The Bertz CT molecular complexity index is 257. The molecule has 0 aromatic carbocycles. The van der Waals surface area contributed by atoms with Gasteiger partial charge in [0.15, 0.2) is 0 Å². The van der Waals surface area contributed by atoms with Crippen LogP contribution in [0.5, 0.6) is 0 Å². The molecule has 1 rings (SSSR count). The van der Waals surface area contributed by atoms with E-state index in [1.807, 2.05) is 0 Å². The first-order valence-electron chi connectivity index (χ1n) is 4.96. The van der Waals surface area contributed by atoms with Gasteiger partial charge in [-0.3, -0.25) is 0 Å². The molecule has 1 fully saturated rings. The maximum absolute atomic E-state index is 10.9. The molecule has 3 nitrogen and oxygen atoms in total. The van der Waals surface area contributed by atoms with Gasteiger partial charge >= 0.3 is 0 Å². The van der Waals surface area contributed by atoms with Crippen LogP contribution in [0.25, 0.3) is 0 Å². The van der Waals surface area contributed by atoms with Gasteiger partial charge in [-0.25, -0.2) is 8.42 Å². The fourth-order valence-corrected chi connectivity index (χ4v) is 3.21. The van der Waals surface area contributed by atoms with Crippen molar-refractivity contribution in [3.8, 4) is 0 Å². The Morgan fingerprint density at radius 1 is 1.43 bits per heavy atom. The smallest absolute Gasteiger partial charge is 0.235 e. The van der Waals surface area contributed by atoms with Crippen LogP contribution < -0.4 is 0 Å². The van der Waals surface area contributed by atoms with E-state index in [0.717, 1.165) is 6.42 Å². The Balaban J connectivity index is 2.38. The first-order chi connectivity index (χ1) is 6.51. The maximum atomic E-state index is 10.9. The number of halogens is 1. The lowest BCUT2D eigenvalue weighted by molar-refractivity contribution is 0.0983. The van der Waals surface area contributed by atoms with Crippen LogP contribution in [0.2, 0.25) is 0 Å². The Morgan fingerprint density at radius 3 is 2.43 bits per heavy atom. The summed E-state index contributed by atoms with van der Waals surface area (Å²) in [6.07, 6.45) is 5.50. The highest BCUT2D eigenvalue weighted by atomic mass is 35.7. The zero-order valence-electron chi connectivity index (χ0n) is 8.41. The Kier molecular flexibility index (Phi) is 4.67. The molecule has 0 saturated heterocycles. The summed E-state index contributed by atoms with van der Waals surface area (Å²) < 4.78 is 26.8. The topological polar surface area (TPSA) is 43.4 Å². The second-order valence-corrected chi connectivity index (χ2v) is 6.77. The Labute approximate surface area is 90.2 Å². The summed E-state index contributed by atoms with van der Waals surface area (Å²) in [4.78, 5) is 0. The van der Waals surface area contributed by atoms with Gasteiger partial charge in [0, 0.05) is 17.8 Å². The minimum absolute atomic E-state index is 0.0679. The normalized spacial score (nSPS) is 21.3. The van der Waals surface area contributed by atoms with E-state index in [1.165, 1.54) is 25.7 Å². The summed E-state index contributed by atoms with van der Waals surface area (Å²) in [5.74, 6) is 0.556. The van der Waals surface area contributed by atoms with E-state index < -0.39 is 9.05 Å². The first-order valence-corrected chi connectivity index (χ1v) is 7.44. The van der Waals surface area contributed by atoms with Crippen molar-refractivity contribution < 1.29 is 13.2 Å². The first kappa shape index (κ1) is 12.3. The van der Waals surface area contributed by atoms with E-state index in [-0.39, 0.29) is 11.9 Å². The maximum Gasteiger partial charge on any atom is 0.235 e. The van der Waals surface area contributed by atoms with Crippen LogP contribution in [0, 0.1) is 5.92 Å². The van der Waals surface area contributed by atoms with Gasteiger partial charge in [-0.15, -0.1) is 0 Å². The number of rotatable bonds is 5. The monoisotopic (exact) mass is 240 g/mol. The summed E-state index contributed by atoms with van der Waals surface area (Å²) in [6, 6.07) is 0. The van der Waals surface area contributed by atoms with E-state index in [2.05, 4.69) is 0 Å². The van der Waals surface area contributed by atoms with Gasteiger partial charge < -0.3 is 4.74 Å². The van der Waals surface area contributed by atoms with Gasteiger partial charge in [0.25, 0.3) is 0 Å². The number of hydrogen-bond acceptors (Lipinski definition) is 3. The predicted molar refractivity (Wildman–Crippen MR) is 57.0 cm³/mol. The quantitative estimate of drug-likeness (QED) is 0.692. The average molecular weight is 241 g/mol. The summed E-state index contributed by atoms with van der Waals surface area (Å²) in [7, 11) is 3.30. The highest BCUT2D eigenvalue weighted by Gasteiger charge is 2.23. The van der Waals surface area contributed by atoms with Gasteiger partial charge in [0.05, 0.1) is 11.9 Å². The van der Waals surface area contributed by atoms with Crippen molar-refractivity contribution in [3.63, 3.8) is 0 Å². The molecular formula is C9H17ClO3S. The largest absolute Gasteiger partial charge is 0.380 e. The molecule has 0 amide bonds. The predicted octanol–water partition coefficient (Wildman–Crippen LogP) is 2.15. The third-order valence-electron chi connectivity index (χ3n) is 2.79. The third kappa shape index (κ3) is 4.62. The zero-order valence-corrected chi connectivity index (χ0v) is 9.98. The molecule has 0 bridgehead atoms. The summed E-state index contributed by atoms with van der Waals surface area (Å²) in [5, 5.41) is 0. The molecule has 0 aliphatic heterocycles. The molecule has 1 atom stereocenters. The molecule has 14 heavy (non-hydrogen) atoms. The Hall–Kier alpha value is 0.200. The van der Waals surface area contributed by atoms with Crippen molar-refractivity contribution >= 4 is 19.7 Å².